The molecule has 0 heterocycles. The van der Waals surface area contributed by atoms with Gasteiger partial charge in [0.1, 0.15) is 0 Å². The standard InChI is InChI=1S/C21H18N2O/c1-12-3-2-4-13(7-12)14-9-18-17-6-5-16(22)8-15(17)11-19(18)20(10-14)21(23)24/h2-10H,11,22H2,1H3,(H2,23,24). The summed E-state index contributed by atoms with van der Waals surface area (Å²) in [7, 11) is 0. The van der Waals surface area contributed by atoms with Crippen molar-refractivity contribution < 1.29 is 4.79 Å². The number of carbonyl (C=O) groups excluding carboxylic acids is 1. The van der Waals surface area contributed by atoms with Gasteiger partial charge in [0.05, 0.1) is 0 Å². The summed E-state index contributed by atoms with van der Waals surface area (Å²) in [5, 5.41) is 0. The number of nitrogens with two attached hydrogens (primary N) is 2. The van der Waals surface area contributed by atoms with Crippen LogP contribution in [0.3, 0.4) is 0 Å². The van der Waals surface area contributed by atoms with E-state index >= 15 is 0 Å². The third kappa shape index (κ3) is 2.26. The maximum Gasteiger partial charge on any atom is 0.249 e. The summed E-state index contributed by atoms with van der Waals surface area (Å²) in [5.41, 5.74) is 20.6. The van der Waals surface area contributed by atoms with Gasteiger partial charge in [0.2, 0.25) is 5.91 Å². The molecule has 0 bridgehead atoms. The highest BCUT2D eigenvalue weighted by atomic mass is 16.1. The fraction of sp³-hybridized carbons (Fsp3) is 0.0952. The predicted octanol–water partition coefficient (Wildman–Crippen LogP) is 3.91. The second-order valence-electron chi connectivity index (χ2n) is 6.38. The third-order valence-electron chi connectivity index (χ3n) is 4.65. The van der Waals surface area contributed by atoms with Crippen LogP contribution in [-0.2, 0) is 6.42 Å². The smallest absolute Gasteiger partial charge is 0.249 e. The minimum atomic E-state index is -0.387. The van der Waals surface area contributed by atoms with E-state index in [1.54, 1.807) is 0 Å². The van der Waals surface area contributed by atoms with Crippen molar-refractivity contribution in [2.75, 3.05) is 5.73 Å². The Morgan fingerprint density at radius 1 is 0.958 bits per heavy atom. The number of carbonyl (C=O) groups is 1. The number of rotatable bonds is 2. The zero-order valence-electron chi connectivity index (χ0n) is 13.5. The zero-order valence-corrected chi connectivity index (χ0v) is 13.5. The molecule has 118 valence electrons. The molecule has 0 atom stereocenters. The Labute approximate surface area is 140 Å². The lowest BCUT2D eigenvalue weighted by Crippen LogP contribution is -2.13. The first-order valence-electron chi connectivity index (χ1n) is 7.95. The third-order valence-corrected chi connectivity index (χ3v) is 4.65. The molecule has 0 radical (unpaired) electrons. The van der Waals surface area contributed by atoms with Crippen LogP contribution < -0.4 is 11.5 Å². The molecule has 0 spiro atoms. The van der Waals surface area contributed by atoms with Crippen LogP contribution in [0, 0.1) is 6.92 Å². The number of benzene rings is 3. The molecular formula is C21H18N2O. The van der Waals surface area contributed by atoms with Gasteiger partial charge in [-0.15, -0.1) is 0 Å². The lowest BCUT2D eigenvalue weighted by molar-refractivity contribution is 0.0999. The van der Waals surface area contributed by atoms with Gasteiger partial charge in [-0.3, -0.25) is 4.79 Å². The van der Waals surface area contributed by atoms with E-state index in [9.17, 15) is 4.79 Å². The van der Waals surface area contributed by atoms with Crippen molar-refractivity contribution in [3.05, 3.63) is 76.9 Å². The molecule has 1 amide bonds. The van der Waals surface area contributed by atoms with Crippen LogP contribution in [0.15, 0.2) is 54.6 Å². The maximum absolute atomic E-state index is 12.0. The van der Waals surface area contributed by atoms with Gasteiger partial charge in [0.15, 0.2) is 0 Å². The number of hydrogen-bond donors (Lipinski definition) is 2. The molecule has 3 heteroatoms. The van der Waals surface area contributed by atoms with Crippen LogP contribution in [-0.4, -0.2) is 5.91 Å². The van der Waals surface area contributed by atoms with Gasteiger partial charge in [-0.25, -0.2) is 0 Å². The molecule has 1 aliphatic carbocycles. The number of aryl methyl sites for hydroxylation is 1. The van der Waals surface area contributed by atoms with Crippen LogP contribution in [0.5, 0.6) is 0 Å². The van der Waals surface area contributed by atoms with Crippen LogP contribution in [0.4, 0.5) is 5.69 Å². The second-order valence-corrected chi connectivity index (χ2v) is 6.38. The summed E-state index contributed by atoms with van der Waals surface area (Å²) >= 11 is 0. The van der Waals surface area contributed by atoms with Crippen molar-refractivity contribution in [3.63, 3.8) is 0 Å². The van der Waals surface area contributed by atoms with E-state index in [-0.39, 0.29) is 5.91 Å². The largest absolute Gasteiger partial charge is 0.399 e. The first kappa shape index (κ1) is 14.5. The van der Waals surface area contributed by atoms with E-state index < -0.39 is 0 Å². The van der Waals surface area contributed by atoms with Crippen molar-refractivity contribution in [1.29, 1.82) is 0 Å². The van der Waals surface area contributed by atoms with E-state index in [0.29, 0.717) is 12.0 Å². The molecule has 3 nitrogen and oxygen atoms in total. The number of fused-ring (bicyclic) bond motifs is 3. The Kier molecular flexibility index (Phi) is 3.17. The Morgan fingerprint density at radius 2 is 1.79 bits per heavy atom. The Bertz CT molecular complexity index is 989. The fourth-order valence-electron chi connectivity index (χ4n) is 3.53. The number of nitrogen functional groups attached to an aromatic ring is 1. The summed E-state index contributed by atoms with van der Waals surface area (Å²) in [5.74, 6) is -0.387. The summed E-state index contributed by atoms with van der Waals surface area (Å²) in [6.45, 7) is 2.06. The van der Waals surface area contributed by atoms with Crippen molar-refractivity contribution in [2.45, 2.75) is 13.3 Å². The molecule has 0 fully saturated rings. The highest BCUT2D eigenvalue weighted by Crippen LogP contribution is 2.41. The second kappa shape index (κ2) is 5.24. The maximum atomic E-state index is 12.0. The highest BCUT2D eigenvalue weighted by molar-refractivity contribution is 6.00. The minimum Gasteiger partial charge on any atom is -0.399 e. The molecule has 0 saturated carbocycles. The van der Waals surface area contributed by atoms with Gasteiger partial charge >= 0.3 is 0 Å². The lowest BCUT2D eigenvalue weighted by Gasteiger charge is -2.11. The molecule has 24 heavy (non-hydrogen) atoms. The fourth-order valence-corrected chi connectivity index (χ4v) is 3.53. The molecule has 3 aromatic carbocycles. The van der Waals surface area contributed by atoms with E-state index in [4.69, 9.17) is 11.5 Å². The average molecular weight is 314 g/mol. The highest BCUT2D eigenvalue weighted by Gasteiger charge is 2.24. The van der Waals surface area contributed by atoms with Gasteiger partial charge in [-0.05, 0) is 71.0 Å². The molecule has 0 saturated heterocycles. The van der Waals surface area contributed by atoms with Crippen LogP contribution in [0.2, 0.25) is 0 Å². The van der Waals surface area contributed by atoms with Crippen molar-refractivity contribution in [2.24, 2.45) is 5.73 Å². The predicted molar refractivity (Wildman–Crippen MR) is 97.8 cm³/mol. The number of anilines is 1. The van der Waals surface area contributed by atoms with Crippen molar-refractivity contribution in [3.8, 4) is 22.3 Å². The molecule has 0 aliphatic heterocycles. The zero-order chi connectivity index (χ0) is 16.8. The molecule has 3 aromatic rings. The Balaban J connectivity index is 1.97. The van der Waals surface area contributed by atoms with Crippen molar-refractivity contribution >= 4 is 11.6 Å². The average Bonchev–Trinajstić information content (AvgIpc) is 2.91. The topological polar surface area (TPSA) is 69.1 Å². The van der Waals surface area contributed by atoms with E-state index in [1.165, 1.54) is 5.56 Å². The summed E-state index contributed by atoms with van der Waals surface area (Å²) in [6.07, 6.45) is 0.697. The number of hydrogen-bond acceptors (Lipinski definition) is 2. The van der Waals surface area contributed by atoms with Gasteiger partial charge < -0.3 is 11.5 Å². The summed E-state index contributed by atoms with van der Waals surface area (Å²) in [4.78, 5) is 12.0. The van der Waals surface area contributed by atoms with Gasteiger partial charge in [0.25, 0.3) is 0 Å². The lowest BCUT2D eigenvalue weighted by atomic mass is 9.93. The Hall–Kier alpha value is -3.07. The summed E-state index contributed by atoms with van der Waals surface area (Å²) < 4.78 is 0. The first-order valence-corrected chi connectivity index (χ1v) is 7.95. The van der Waals surface area contributed by atoms with Gasteiger partial charge in [0, 0.05) is 11.3 Å². The van der Waals surface area contributed by atoms with E-state index in [0.717, 1.165) is 39.1 Å². The molecule has 0 unspecified atom stereocenters. The number of amides is 1. The minimum absolute atomic E-state index is 0.387. The van der Waals surface area contributed by atoms with E-state index in [1.807, 2.05) is 30.3 Å². The van der Waals surface area contributed by atoms with Gasteiger partial charge in [-0.2, -0.15) is 0 Å². The van der Waals surface area contributed by atoms with E-state index in [2.05, 4.69) is 31.2 Å². The first-order chi connectivity index (χ1) is 11.5. The number of primary amides is 1. The Morgan fingerprint density at radius 3 is 2.54 bits per heavy atom. The molecular weight excluding hydrogens is 296 g/mol. The quantitative estimate of drug-likeness (QED) is 0.551. The SMILES string of the molecule is Cc1cccc(-c2cc(C(N)=O)c3c(c2)-c2ccc(N)cc2C3)c1. The molecule has 1 aliphatic rings. The van der Waals surface area contributed by atoms with Gasteiger partial charge in [-0.1, -0.05) is 35.9 Å². The molecule has 4 rings (SSSR count). The normalized spacial score (nSPS) is 11.9. The molecule has 4 N–H and O–H groups in total. The molecule has 0 aromatic heterocycles. The monoisotopic (exact) mass is 314 g/mol. The van der Waals surface area contributed by atoms with Crippen LogP contribution >= 0.6 is 0 Å². The van der Waals surface area contributed by atoms with Crippen molar-refractivity contribution in [1.82, 2.24) is 0 Å². The van der Waals surface area contributed by atoms with Crippen LogP contribution in [0.1, 0.15) is 27.0 Å². The van der Waals surface area contributed by atoms with Crippen LogP contribution in [0.25, 0.3) is 22.3 Å². The summed E-state index contributed by atoms with van der Waals surface area (Å²) in [6, 6.07) is 18.2.